The topological polar surface area (TPSA) is 46.1 Å². The van der Waals surface area contributed by atoms with Crippen LogP contribution in [0.5, 0.6) is 0 Å². The molecule has 1 aliphatic heterocycles. The van der Waals surface area contributed by atoms with Crippen LogP contribution in [0.25, 0.3) is 0 Å². The Morgan fingerprint density at radius 2 is 2.35 bits per heavy atom. The van der Waals surface area contributed by atoms with Gasteiger partial charge in [0.1, 0.15) is 0 Å². The Morgan fingerprint density at radius 1 is 1.57 bits per heavy atom. The minimum absolute atomic E-state index is 0. The maximum Gasteiger partial charge on any atom is 0.194 e. The molecular weight excluding hydrogens is 496 g/mol. The summed E-state index contributed by atoms with van der Waals surface area (Å²) >= 11 is 9.66. The summed E-state index contributed by atoms with van der Waals surface area (Å²) in [6, 6.07) is 5.87. The fourth-order valence-corrected chi connectivity index (χ4v) is 3.11. The third-order valence-electron chi connectivity index (χ3n) is 3.45. The molecule has 0 aliphatic carbocycles. The maximum atomic E-state index is 6.25. The summed E-state index contributed by atoms with van der Waals surface area (Å²) < 4.78 is 11.8. The molecule has 1 aromatic rings. The Morgan fingerprint density at radius 3 is 3.00 bits per heavy atom. The standard InChI is InChI=1S/C15H21BrClN3O2.HI/c1-18-15(20-5-6-22-13(9-20)10-21-2)19-8-11-3-4-12(16)7-14(11)17;/h3-4,7,13H,5-6,8-10H2,1-2H3,(H,18,19);1H. The van der Waals surface area contributed by atoms with Crippen LogP contribution in [0, 0.1) is 0 Å². The van der Waals surface area contributed by atoms with Crippen molar-refractivity contribution in [3.8, 4) is 0 Å². The molecule has 0 aromatic heterocycles. The number of nitrogens with one attached hydrogen (secondary N) is 1. The first kappa shape index (κ1) is 21.0. The van der Waals surface area contributed by atoms with Crippen molar-refractivity contribution < 1.29 is 9.47 Å². The molecule has 23 heavy (non-hydrogen) atoms. The van der Waals surface area contributed by atoms with E-state index < -0.39 is 0 Å². The molecule has 0 radical (unpaired) electrons. The zero-order chi connectivity index (χ0) is 15.9. The van der Waals surface area contributed by atoms with Gasteiger partial charge >= 0.3 is 0 Å². The average Bonchev–Trinajstić information content (AvgIpc) is 2.50. The first-order valence-corrected chi connectivity index (χ1v) is 8.31. The molecule has 1 saturated heterocycles. The van der Waals surface area contributed by atoms with E-state index in [-0.39, 0.29) is 30.1 Å². The molecule has 1 fully saturated rings. The van der Waals surface area contributed by atoms with E-state index in [9.17, 15) is 0 Å². The number of guanidine groups is 1. The van der Waals surface area contributed by atoms with Gasteiger partial charge in [-0.25, -0.2) is 0 Å². The summed E-state index contributed by atoms with van der Waals surface area (Å²) in [7, 11) is 3.47. The Hall–Kier alpha value is -0.0900. The molecule has 2 rings (SSSR count). The fourth-order valence-electron chi connectivity index (χ4n) is 2.37. The highest BCUT2D eigenvalue weighted by Gasteiger charge is 2.22. The SMILES string of the molecule is CN=C(NCc1ccc(Br)cc1Cl)N1CCOC(COC)C1.I. The highest BCUT2D eigenvalue weighted by Crippen LogP contribution is 2.21. The van der Waals surface area contributed by atoms with Gasteiger partial charge in [-0.05, 0) is 17.7 Å². The van der Waals surface area contributed by atoms with Gasteiger partial charge in [0, 0.05) is 43.3 Å². The van der Waals surface area contributed by atoms with E-state index in [1.54, 1.807) is 14.2 Å². The Labute approximate surface area is 167 Å². The quantitative estimate of drug-likeness (QED) is 0.378. The predicted molar refractivity (Wildman–Crippen MR) is 108 cm³/mol. The lowest BCUT2D eigenvalue weighted by molar-refractivity contribution is -0.0447. The Bertz CT molecular complexity index is 531. The van der Waals surface area contributed by atoms with Crippen LogP contribution < -0.4 is 5.32 Å². The first-order valence-electron chi connectivity index (χ1n) is 7.14. The van der Waals surface area contributed by atoms with Gasteiger partial charge in [-0.3, -0.25) is 4.99 Å². The van der Waals surface area contributed by atoms with Crippen molar-refractivity contribution in [3.63, 3.8) is 0 Å². The van der Waals surface area contributed by atoms with Crippen LogP contribution in [0.1, 0.15) is 5.56 Å². The first-order chi connectivity index (χ1) is 10.6. The number of aliphatic imine (C=N–C) groups is 1. The number of nitrogens with zero attached hydrogens (tertiary/aromatic N) is 2. The molecule has 0 bridgehead atoms. The van der Waals surface area contributed by atoms with Crippen molar-refractivity contribution in [1.82, 2.24) is 10.2 Å². The fraction of sp³-hybridized carbons (Fsp3) is 0.533. The van der Waals surface area contributed by atoms with E-state index in [0.717, 1.165) is 34.1 Å². The van der Waals surface area contributed by atoms with Crippen LogP contribution in [0.2, 0.25) is 5.02 Å². The minimum Gasteiger partial charge on any atom is -0.382 e. The Kier molecular flexibility index (Phi) is 9.76. The molecular formula is C15H22BrClIN3O2. The summed E-state index contributed by atoms with van der Waals surface area (Å²) in [5.74, 6) is 0.850. The number of halogens is 3. The van der Waals surface area contributed by atoms with Crippen LogP contribution in [-0.2, 0) is 16.0 Å². The highest BCUT2D eigenvalue weighted by atomic mass is 127. The Balaban J connectivity index is 0.00000264. The van der Waals surface area contributed by atoms with Gasteiger partial charge in [0.15, 0.2) is 5.96 Å². The number of ether oxygens (including phenoxy) is 2. The molecule has 0 spiro atoms. The third-order valence-corrected chi connectivity index (χ3v) is 4.30. The molecule has 5 nitrogen and oxygen atoms in total. The van der Waals surface area contributed by atoms with Crippen molar-refractivity contribution in [2.45, 2.75) is 12.6 Å². The molecule has 0 amide bonds. The van der Waals surface area contributed by atoms with Gasteiger partial charge in [-0.1, -0.05) is 33.6 Å². The number of methoxy groups -OCH3 is 1. The van der Waals surface area contributed by atoms with E-state index in [1.807, 2.05) is 18.2 Å². The molecule has 1 aromatic carbocycles. The van der Waals surface area contributed by atoms with Crippen LogP contribution in [-0.4, -0.2) is 57.4 Å². The summed E-state index contributed by atoms with van der Waals surface area (Å²) in [6.45, 7) is 3.47. The van der Waals surface area contributed by atoms with Gasteiger partial charge in [0.2, 0.25) is 0 Å². The maximum absolute atomic E-state index is 6.25. The monoisotopic (exact) mass is 517 g/mol. The van der Waals surface area contributed by atoms with Crippen LogP contribution >= 0.6 is 51.5 Å². The molecule has 130 valence electrons. The lowest BCUT2D eigenvalue weighted by Crippen LogP contribution is -2.51. The number of hydrogen-bond acceptors (Lipinski definition) is 3. The van der Waals surface area contributed by atoms with E-state index in [0.29, 0.717) is 19.8 Å². The highest BCUT2D eigenvalue weighted by molar-refractivity contribution is 14.0. The molecule has 1 atom stereocenters. The van der Waals surface area contributed by atoms with Crippen molar-refractivity contribution in [3.05, 3.63) is 33.3 Å². The van der Waals surface area contributed by atoms with Gasteiger partial charge in [0.05, 0.1) is 19.3 Å². The number of benzene rings is 1. The van der Waals surface area contributed by atoms with Crippen LogP contribution in [0.15, 0.2) is 27.7 Å². The van der Waals surface area contributed by atoms with E-state index >= 15 is 0 Å². The van der Waals surface area contributed by atoms with Crippen LogP contribution in [0.3, 0.4) is 0 Å². The van der Waals surface area contributed by atoms with Crippen molar-refractivity contribution in [1.29, 1.82) is 0 Å². The predicted octanol–water partition coefficient (Wildman–Crippen LogP) is 3.14. The number of rotatable bonds is 4. The summed E-state index contributed by atoms with van der Waals surface area (Å²) in [5.41, 5.74) is 1.03. The lowest BCUT2D eigenvalue weighted by Gasteiger charge is -2.34. The van der Waals surface area contributed by atoms with Gasteiger partial charge in [-0.2, -0.15) is 0 Å². The van der Waals surface area contributed by atoms with Crippen molar-refractivity contribution >= 4 is 57.5 Å². The zero-order valence-corrected chi connectivity index (χ0v) is 17.9. The zero-order valence-electron chi connectivity index (χ0n) is 13.2. The summed E-state index contributed by atoms with van der Waals surface area (Å²) in [5, 5.41) is 4.09. The third kappa shape index (κ3) is 6.38. The number of morpholine rings is 1. The second-order valence-electron chi connectivity index (χ2n) is 5.03. The van der Waals surface area contributed by atoms with E-state index in [2.05, 4.69) is 31.1 Å². The molecule has 1 N–H and O–H groups in total. The average molecular weight is 519 g/mol. The van der Waals surface area contributed by atoms with Gasteiger partial charge in [-0.15, -0.1) is 24.0 Å². The van der Waals surface area contributed by atoms with E-state index in [1.165, 1.54) is 0 Å². The van der Waals surface area contributed by atoms with Crippen molar-refractivity contribution in [2.75, 3.05) is 40.5 Å². The van der Waals surface area contributed by atoms with Gasteiger partial charge in [0.25, 0.3) is 0 Å². The molecule has 0 saturated carbocycles. The molecule has 8 heteroatoms. The normalized spacial score (nSPS) is 18.5. The van der Waals surface area contributed by atoms with Gasteiger partial charge < -0.3 is 19.7 Å². The second kappa shape index (κ2) is 10.7. The largest absolute Gasteiger partial charge is 0.382 e. The molecule has 1 aliphatic rings. The minimum atomic E-state index is 0. The second-order valence-corrected chi connectivity index (χ2v) is 6.35. The smallest absolute Gasteiger partial charge is 0.194 e. The summed E-state index contributed by atoms with van der Waals surface area (Å²) in [4.78, 5) is 6.53. The molecule has 1 unspecified atom stereocenters. The lowest BCUT2D eigenvalue weighted by atomic mass is 10.2. The number of hydrogen-bond donors (Lipinski definition) is 1. The van der Waals surface area contributed by atoms with Crippen LogP contribution in [0.4, 0.5) is 0 Å². The van der Waals surface area contributed by atoms with E-state index in [4.69, 9.17) is 21.1 Å². The molecule has 1 heterocycles. The summed E-state index contributed by atoms with van der Waals surface area (Å²) in [6.07, 6.45) is 0.0774. The van der Waals surface area contributed by atoms with Crippen molar-refractivity contribution in [2.24, 2.45) is 4.99 Å².